The lowest BCUT2D eigenvalue weighted by Crippen LogP contribution is -2.23. The molecule has 0 radical (unpaired) electrons. The minimum absolute atomic E-state index is 0.0872. The predicted molar refractivity (Wildman–Crippen MR) is 82.4 cm³/mol. The van der Waals surface area contributed by atoms with E-state index in [0.29, 0.717) is 5.69 Å². The Hall–Kier alpha value is -2.06. The van der Waals surface area contributed by atoms with E-state index in [1.807, 2.05) is 6.92 Å². The maximum atomic E-state index is 12.2. The lowest BCUT2D eigenvalue weighted by Gasteiger charge is -2.18. The van der Waals surface area contributed by atoms with Gasteiger partial charge in [-0.2, -0.15) is 0 Å². The minimum atomic E-state index is -3.57. The molecule has 0 aliphatic heterocycles. The maximum absolute atomic E-state index is 12.2. The summed E-state index contributed by atoms with van der Waals surface area (Å²) in [5.41, 5.74) is 6.77. The predicted octanol–water partition coefficient (Wildman–Crippen LogP) is 1.42. The number of hydrogen-bond donors (Lipinski definition) is 3. The standard InChI is InChI=1S/C13H19N5O2S/c1-9(13-15-7-8-16-13)17-10-5-4-6-11(12(10)14)21(19,20)18(2)3/h4-9,17H,14H2,1-3H3,(H,15,16). The number of anilines is 2. The molecule has 2 rings (SSSR count). The van der Waals surface area contributed by atoms with Crippen molar-refractivity contribution in [2.75, 3.05) is 25.1 Å². The van der Waals surface area contributed by atoms with E-state index in [4.69, 9.17) is 5.73 Å². The van der Waals surface area contributed by atoms with Crippen molar-refractivity contribution < 1.29 is 8.42 Å². The summed E-state index contributed by atoms with van der Waals surface area (Å²) in [5, 5.41) is 3.16. The number of hydrogen-bond acceptors (Lipinski definition) is 5. The van der Waals surface area contributed by atoms with E-state index < -0.39 is 10.0 Å². The van der Waals surface area contributed by atoms with Gasteiger partial charge in [0.15, 0.2) is 0 Å². The highest BCUT2D eigenvalue weighted by Crippen LogP contribution is 2.30. The van der Waals surface area contributed by atoms with E-state index in [2.05, 4.69) is 15.3 Å². The van der Waals surface area contributed by atoms with Gasteiger partial charge in [-0.3, -0.25) is 0 Å². The summed E-state index contributed by atoms with van der Waals surface area (Å²) in [5.74, 6) is 0.746. The first kappa shape index (κ1) is 15.3. The molecular weight excluding hydrogens is 290 g/mol. The average Bonchev–Trinajstić information content (AvgIpc) is 2.94. The lowest BCUT2D eigenvalue weighted by atomic mass is 10.2. The zero-order chi connectivity index (χ0) is 15.6. The first-order valence-electron chi connectivity index (χ1n) is 6.41. The van der Waals surface area contributed by atoms with Gasteiger partial charge in [-0.15, -0.1) is 0 Å². The molecule has 7 nitrogen and oxygen atoms in total. The summed E-state index contributed by atoms with van der Waals surface area (Å²) in [4.78, 5) is 7.24. The fourth-order valence-corrected chi connectivity index (χ4v) is 2.94. The number of rotatable bonds is 5. The molecule has 0 fully saturated rings. The molecule has 1 heterocycles. The number of aromatic nitrogens is 2. The molecule has 0 saturated carbocycles. The molecule has 0 amide bonds. The Morgan fingerprint density at radius 3 is 2.67 bits per heavy atom. The van der Waals surface area contributed by atoms with Gasteiger partial charge in [0.2, 0.25) is 10.0 Å². The Morgan fingerprint density at radius 2 is 2.10 bits per heavy atom. The Kier molecular flexibility index (Phi) is 4.19. The molecule has 21 heavy (non-hydrogen) atoms. The van der Waals surface area contributed by atoms with Gasteiger partial charge in [-0.05, 0) is 19.1 Å². The van der Waals surface area contributed by atoms with Gasteiger partial charge in [0.05, 0.1) is 17.4 Å². The van der Waals surface area contributed by atoms with Gasteiger partial charge in [0.1, 0.15) is 10.7 Å². The van der Waals surface area contributed by atoms with Crippen LogP contribution in [0.1, 0.15) is 18.8 Å². The number of para-hydroxylation sites is 1. The minimum Gasteiger partial charge on any atom is -0.396 e. The van der Waals surface area contributed by atoms with Crippen molar-refractivity contribution in [1.82, 2.24) is 14.3 Å². The van der Waals surface area contributed by atoms with Crippen molar-refractivity contribution in [2.45, 2.75) is 17.9 Å². The molecular formula is C13H19N5O2S. The molecule has 4 N–H and O–H groups in total. The van der Waals surface area contributed by atoms with Crippen LogP contribution in [0.5, 0.6) is 0 Å². The first-order valence-corrected chi connectivity index (χ1v) is 7.85. The van der Waals surface area contributed by atoms with E-state index in [1.165, 1.54) is 20.2 Å². The molecule has 1 aromatic carbocycles. The van der Waals surface area contributed by atoms with Gasteiger partial charge in [0.25, 0.3) is 0 Å². The second-order valence-electron chi connectivity index (χ2n) is 4.85. The number of nitrogen functional groups attached to an aromatic ring is 1. The van der Waals surface area contributed by atoms with Gasteiger partial charge < -0.3 is 16.0 Å². The zero-order valence-corrected chi connectivity index (χ0v) is 13.0. The third-order valence-electron chi connectivity index (χ3n) is 3.13. The molecule has 0 aliphatic carbocycles. The van der Waals surface area contributed by atoms with Gasteiger partial charge in [-0.25, -0.2) is 17.7 Å². The Morgan fingerprint density at radius 1 is 1.38 bits per heavy atom. The SMILES string of the molecule is CC(Nc1cccc(S(=O)(=O)N(C)C)c1N)c1ncc[nH]1. The third kappa shape index (κ3) is 3.01. The van der Waals surface area contributed by atoms with E-state index in [-0.39, 0.29) is 16.6 Å². The van der Waals surface area contributed by atoms with E-state index >= 15 is 0 Å². The van der Waals surface area contributed by atoms with Crippen LogP contribution in [0, 0.1) is 0 Å². The number of nitrogens with two attached hydrogens (primary N) is 1. The second-order valence-corrected chi connectivity index (χ2v) is 6.97. The molecule has 2 aromatic rings. The number of H-pyrrole nitrogens is 1. The topological polar surface area (TPSA) is 104 Å². The highest BCUT2D eigenvalue weighted by atomic mass is 32.2. The van der Waals surface area contributed by atoms with Crippen LogP contribution in [0.4, 0.5) is 11.4 Å². The number of imidazole rings is 1. The van der Waals surface area contributed by atoms with Crippen LogP contribution in [0.15, 0.2) is 35.5 Å². The highest BCUT2D eigenvalue weighted by molar-refractivity contribution is 7.89. The smallest absolute Gasteiger partial charge is 0.244 e. The molecule has 0 bridgehead atoms. The van der Waals surface area contributed by atoms with Crippen molar-refractivity contribution in [2.24, 2.45) is 0 Å². The summed E-state index contributed by atoms with van der Waals surface area (Å²) in [6.45, 7) is 1.91. The van der Waals surface area contributed by atoms with Crippen molar-refractivity contribution in [1.29, 1.82) is 0 Å². The monoisotopic (exact) mass is 309 g/mol. The quantitative estimate of drug-likeness (QED) is 0.725. The molecule has 0 aliphatic rings. The Balaban J connectivity index is 2.35. The van der Waals surface area contributed by atoms with Gasteiger partial charge in [0, 0.05) is 26.5 Å². The van der Waals surface area contributed by atoms with Crippen LogP contribution in [-0.4, -0.2) is 36.8 Å². The first-order chi connectivity index (χ1) is 9.84. The zero-order valence-electron chi connectivity index (χ0n) is 12.2. The van der Waals surface area contributed by atoms with Gasteiger partial charge in [-0.1, -0.05) is 6.07 Å². The molecule has 0 saturated heterocycles. The van der Waals surface area contributed by atoms with Gasteiger partial charge >= 0.3 is 0 Å². The molecule has 8 heteroatoms. The Labute approximate surface area is 124 Å². The van der Waals surface area contributed by atoms with Crippen LogP contribution >= 0.6 is 0 Å². The number of nitrogens with zero attached hydrogens (tertiary/aromatic N) is 2. The third-order valence-corrected chi connectivity index (χ3v) is 5.00. The highest BCUT2D eigenvalue weighted by Gasteiger charge is 2.22. The molecule has 0 spiro atoms. The largest absolute Gasteiger partial charge is 0.396 e. The van der Waals surface area contributed by atoms with Crippen molar-refractivity contribution in [3.63, 3.8) is 0 Å². The fraction of sp³-hybridized carbons (Fsp3) is 0.308. The summed E-state index contributed by atoms with van der Waals surface area (Å²) in [6.07, 6.45) is 3.38. The van der Waals surface area contributed by atoms with Crippen LogP contribution in [-0.2, 0) is 10.0 Å². The van der Waals surface area contributed by atoms with E-state index in [1.54, 1.807) is 24.5 Å². The normalized spacial score (nSPS) is 13.3. The van der Waals surface area contributed by atoms with E-state index in [0.717, 1.165) is 10.1 Å². The lowest BCUT2D eigenvalue weighted by molar-refractivity contribution is 0.521. The van der Waals surface area contributed by atoms with Crippen LogP contribution in [0.3, 0.4) is 0 Å². The molecule has 1 atom stereocenters. The number of aromatic amines is 1. The van der Waals surface area contributed by atoms with Crippen molar-refractivity contribution in [3.05, 3.63) is 36.4 Å². The summed E-state index contributed by atoms with van der Waals surface area (Å²) in [7, 11) is -0.630. The Bertz CT molecular complexity index is 710. The summed E-state index contributed by atoms with van der Waals surface area (Å²) in [6, 6.07) is 4.76. The van der Waals surface area contributed by atoms with Crippen LogP contribution < -0.4 is 11.1 Å². The fourth-order valence-electron chi connectivity index (χ4n) is 1.91. The number of sulfonamides is 1. The average molecular weight is 309 g/mol. The van der Waals surface area contributed by atoms with Crippen molar-refractivity contribution >= 4 is 21.4 Å². The molecule has 114 valence electrons. The number of benzene rings is 1. The maximum Gasteiger partial charge on any atom is 0.244 e. The van der Waals surface area contributed by atoms with Crippen LogP contribution in [0.25, 0.3) is 0 Å². The van der Waals surface area contributed by atoms with Crippen LogP contribution in [0.2, 0.25) is 0 Å². The second kappa shape index (κ2) is 5.74. The number of nitrogens with one attached hydrogen (secondary N) is 2. The molecule has 1 unspecified atom stereocenters. The molecule has 1 aromatic heterocycles. The van der Waals surface area contributed by atoms with E-state index in [9.17, 15) is 8.42 Å². The summed E-state index contributed by atoms with van der Waals surface area (Å²) < 4.78 is 25.6. The van der Waals surface area contributed by atoms with Crippen molar-refractivity contribution in [3.8, 4) is 0 Å². The summed E-state index contributed by atoms with van der Waals surface area (Å²) >= 11 is 0.